The SMILES string of the molecule is CCCCNC(=O)C1N([C@H](CO)c2ccccc2)C(=O)[C@@H]2[C@H](C(=O)OCC)[C@@H]3CCC12O3. The number of rotatable bonds is 9. The van der Waals surface area contributed by atoms with Crippen LogP contribution in [0.4, 0.5) is 0 Å². The Labute approximate surface area is 188 Å². The van der Waals surface area contributed by atoms with Crippen molar-refractivity contribution in [3.05, 3.63) is 35.9 Å². The summed E-state index contributed by atoms with van der Waals surface area (Å²) in [6.07, 6.45) is 2.42. The molecule has 8 heteroatoms. The lowest BCUT2D eigenvalue weighted by Crippen LogP contribution is -2.56. The number of likely N-dealkylation sites (tertiary alicyclic amines) is 1. The summed E-state index contributed by atoms with van der Waals surface area (Å²) in [6, 6.07) is 7.54. The van der Waals surface area contributed by atoms with Crippen LogP contribution in [-0.4, -0.2) is 65.3 Å². The van der Waals surface area contributed by atoms with E-state index in [-0.39, 0.29) is 25.0 Å². The van der Waals surface area contributed by atoms with E-state index in [1.807, 2.05) is 37.3 Å². The Morgan fingerprint density at radius 1 is 1.31 bits per heavy atom. The third-order valence-electron chi connectivity index (χ3n) is 7.07. The fourth-order valence-electron chi connectivity index (χ4n) is 5.75. The molecule has 2 bridgehead atoms. The van der Waals surface area contributed by atoms with Crippen molar-refractivity contribution in [2.75, 3.05) is 19.8 Å². The van der Waals surface area contributed by atoms with Gasteiger partial charge in [-0.2, -0.15) is 0 Å². The van der Waals surface area contributed by atoms with E-state index >= 15 is 0 Å². The van der Waals surface area contributed by atoms with E-state index in [0.29, 0.717) is 19.4 Å². The number of aliphatic hydroxyl groups is 1. The first kappa shape index (κ1) is 22.7. The molecule has 174 valence electrons. The summed E-state index contributed by atoms with van der Waals surface area (Å²) in [5.74, 6) is -2.61. The van der Waals surface area contributed by atoms with Crippen molar-refractivity contribution in [3.63, 3.8) is 0 Å². The third kappa shape index (κ3) is 3.49. The largest absolute Gasteiger partial charge is 0.466 e. The van der Waals surface area contributed by atoms with Gasteiger partial charge in [0.15, 0.2) is 0 Å². The molecule has 1 aromatic rings. The number of ether oxygens (including phenoxy) is 2. The quantitative estimate of drug-likeness (QED) is 0.443. The number of carbonyl (C=O) groups excluding carboxylic acids is 3. The zero-order chi connectivity index (χ0) is 22.9. The zero-order valence-electron chi connectivity index (χ0n) is 18.7. The van der Waals surface area contributed by atoms with Gasteiger partial charge in [-0.3, -0.25) is 14.4 Å². The van der Waals surface area contributed by atoms with Gasteiger partial charge in [-0.1, -0.05) is 43.7 Å². The van der Waals surface area contributed by atoms with E-state index in [1.165, 1.54) is 4.90 Å². The summed E-state index contributed by atoms with van der Waals surface area (Å²) < 4.78 is 11.6. The van der Waals surface area contributed by atoms with Crippen LogP contribution in [0.3, 0.4) is 0 Å². The number of nitrogens with one attached hydrogen (secondary N) is 1. The van der Waals surface area contributed by atoms with E-state index < -0.39 is 41.6 Å². The highest BCUT2D eigenvalue weighted by atomic mass is 16.6. The molecule has 2 N–H and O–H groups in total. The molecule has 3 heterocycles. The summed E-state index contributed by atoms with van der Waals surface area (Å²) in [5.41, 5.74) is -0.356. The van der Waals surface area contributed by atoms with Crippen LogP contribution in [-0.2, 0) is 23.9 Å². The van der Waals surface area contributed by atoms with Crippen molar-refractivity contribution in [1.82, 2.24) is 10.2 Å². The summed E-state index contributed by atoms with van der Waals surface area (Å²) in [5, 5.41) is 13.3. The molecule has 0 saturated carbocycles. The summed E-state index contributed by atoms with van der Waals surface area (Å²) in [4.78, 5) is 41.6. The number of amides is 2. The van der Waals surface area contributed by atoms with Crippen LogP contribution < -0.4 is 5.32 Å². The molecule has 2 amide bonds. The van der Waals surface area contributed by atoms with E-state index in [0.717, 1.165) is 18.4 Å². The number of esters is 1. The van der Waals surface area contributed by atoms with Crippen molar-refractivity contribution >= 4 is 17.8 Å². The van der Waals surface area contributed by atoms with Gasteiger partial charge in [0, 0.05) is 6.54 Å². The van der Waals surface area contributed by atoms with Crippen LogP contribution in [0.15, 0.2) is 30.3 Å². The summed E-state index contributed by atoms with van der Waals surface area (Å²) in [7, 11) is 0. The Hall–Kier alpha value is -2.45. The highest BCUT2D eigenvalue weighted by Gasteiger charge is 2.75. The Morgan fingerprint density at radius 3 is 2.72 bits per heavy atom. The van der Waals surface area contributed by atoms with E-state index in [4.69, 9.17) is 9.47 Å². The number of benzene rings is 1. The average Bonchev–Trinajstić information content (AvgIpc) is 3.43. The Kier molecular flexibility index (Phi) is 6.53. The zero-order valence-corrected chi connectivity index (χ0v) is 18.7. The second-order valence-electron chi connectivity index (χ2n) is 8.81. The Morgan fingerprint density at radius 2 is 2.06 bits per heavy atom. The fraction of sp³-hybridized carbons (Fsp3) is 0.625. The van der Waals surface area contributed by atoms with Gasteiger partial charge in [-0.25, -0.2) is 0 Å². The molecule has 3 aliphatic heterocycles. The molecule has 1 aromatic carbocycles. The molecule has 0 aliphatic carbocycles. The molecule has 32 heavy (non-hydrogen) atoms. The number of fused-ring (bicyclic) bond motifs is 1. The molecule has 4 rings (SSSR count). The first-order valence-electron chi connectivity index (χ1n) is 11.6. The maximum atomic E-state index is 13.9. The number of carbonyl (C=O) groups is 3. The van der Waals surface area contributed by atoms with Gasteiger partial charge in [0.1, 0.15) is 11.6 Å². The van der Waals surface area contributed by atoms with Gasteiger partial charge in [0.05, 0.1) is 37.2 Å². The van der Waals surface area contributed by atoms with Gasteiger partial charge in [0.2, 0.25) is 11.8 Å². The second kappa shape index (κ2) is 9.19. The summed E-state index contributed by atoms with van der Waals surface area (Å²) in [6.45, 7) is 4.13. The lowest BCUT2D eigenvalue weighted by atomic mass is 9.71. The lowest BCUT2D eigenvalue weighted by molar-refractivity contribution is -0.155. The highest BCUT2D eigenvalue weighted by Crippen LogP contribution is 2.59. The van der Waals surface area contributed by atoms with Crippen LogP contribution in [0.2, 0.25) is 0 Å². The van der Waals surface area contributed by atoms with Gasteiger partial charge in [-0.15, -0.1) is 0 Å². The fourth-order valence-corrected chi connectivity index (χ4v) is 5.75. The highest BCUT2D eigenvalue weighted by molar-refractivity contribution is 5.98. The molecule has 1 spiro atoms. The van der Waals surface area contributed by atoms with E-state index in [1.54, 1.807) is 6.92 Å². The second-order valence-corrected chi connectivity index (χ2v) is 8.81. The normalized spacial score (nSPS) is 31.5. The van der Waals surface area contributed by atoms with Crippen LogP contribution in [0.25, 0.3) is 0 Å². The van der Waals surface area contributed by atoms with Crippen molar-refractivity contribution in [3.8, 4) is 0 Å². The van der Waals surface area contributed by atoms with Crippen molar-refractivity contribution in [1.29, 1.82) is 0 Å². The Bertz CT molecular complexity index is 861. The maximum Gasteiger partial charge on any atom is 0.312 e. The van der Waals surface area contributed by atoms with Crippen molar-refractivity contribution in [2.45, 2.75) is 63.3 Å². The van der Waals surface area contributed by atoms with Crippen LogP contribution in [0.1, 0.15) is 51.1 Å². The predicted molar refractivity (Wildman–Crippen MR) is 115 cm³/mol. The predicted octanol–water partition coefficient (Wildman–Crippen LogP) is 1.57. The number of unbranched alkanes of at least 4 members (excludes halogenated alkanes) is 1. The van der Waals surface area contributed by atoms with Gasteiger partial charge < -0.3 is 24.8 Å². The van der Waals surface area contributed by atoms with Crippen molar-refractivity contribution < 1.29 is 29.0 Å². The number of hydrogen-bond donors (Lipinski definition) is 2. The standard InChI is InChI=1S/C24H32N2O6/c1-3-5-13-25-21(28)20-24-12-11-17(32-24)18(23(30)31-4-2)19(24)22(29)26(20)16(14-27)15-9-7-6-8-10-15/h6-10,16-20,27H,3-5,11-14H2,1-2H3,(H,25,28)/t16-,17+,18-,19+,20?,24?/m1/s1. The third-order valence-corrected chi connectivity index (χ3v) is 7.07. The molecule has 3 aliphatic rings. The molecule has 6 atom stereocenters. The van der Waals surface area contributed by atoms with Crippen LogP contribution in [0, 0.1) is 11.8 Å². The van der Waals surface area contributed by atoms with E-state index in [2.05, 4.69) is 5.32 Å². The van der Waals surface area contributed by atoms with Gasteiger partial charge >= 0.3 is 5.97 Å². The first-order valence-corrected chi connectivity index (χ1v) is 11.6. The Balaban J connectivity index is 1.75. The monoisotopic (exact) mass is 444 g/mol. The maximum absolute atomic E-state index is 13.9. The van der Waals surface area contributed by atoms with Crippen LogP contribution in [0.5, 0.6) is 0 Å². The average molecular weight is 445 g/mol. The lowest BCUT2D eigenvalue weighted by Gasteiger charge is -2.36. The summed E-state index contributed by atoms with van der Waals surface area (Å²) >= 11 is 0. The molecule has 0 aromatic heterocycles. The van der Waals surface area contributed by atoms with Gasteiger partial charge in [-0.05, 0) is 31.7 Å². The minimum atomic E-state index is -1.09. The van der Waals surface area contributed by atoms with Crippen molar-refractivity contribution in [2.24, 2.45) is 11.8 Å². The van der Waals surface area contributed by atoms with E-state index in [9.17, 15) is 19.5 Å². The number of aliphatic hydroxyl groups excluding tert-OH is 1. The molecule has 3 fully saturated rings. The molecular formula is C24H32N2O6. The minimum absolute atomic E-state index is 0.212. The smallest absolute Gasteiger partial charge is 0.312 e. The topological polar surface area (TPSA) is 105 Å². The first-order chi connectivity index (χ1) is 15.5. The number of hydrogen-bond acceptors (Lipinski definition) is 6. The molecule has 8 nitrogen and oxygen atoms in total. The van der Waals surface area contributed by atoms with Gasteiger partial charge in [0.25, 0.3) is 0 Å². The molecular weight excluding hydrogens is 412 g/mol. The molecule has 2 unspecified atom stereocenters. The molecule has 0 radical (unpaired) electrons. The molecule has 3 saturated heterocycles. The minimum Gasteiger partial charge on any atom is -0.466 e. The van der Waals surface area contributed by atoms with Crippen LogP contribution >= 0.6 is 0 Å². The number of nitrogens with zero attached hydrogens (tertiary/aromatic N) is 1.